The van der Waals surface area contributed by atoms with Gasteiger partial charge in [-0.2, -0.15) is 0 Å². The Morgan fingerprint density at radius 2 is 2.05 bits per heavy atom. The molecule has 0 radical (unpaired) electrons. The number of amides is 1. The maximum atomic E-state index is 12.5. The van der Waals surface area contributed by atoms with Gasteiger partial charge in [-0.1, -0.05) is 24.3 Å². The third kappa shape index (κ3) is 4.68. The summed E-state index contributed by atoms with van der Waals surface area (Å²) in [7, 11) is 1.67. The normalized spacial score (nSPS) is 16.6. The number of hydrogen-bond donors (Lipinski definition) is 2. The molecule has 3 N–H and O–H groups in total. The van der Waals surface area contributed by atoms with Gasteiger partial charge in [0.05, 0.1) is 12.0 Å². The summed E-state index contributed by atoms with van der Waals surface area (Å²) in [6.45, 7) is 2.67. The van der Waals surface area contributed by atoms with Crippen molar-refractivity contribution in [2.75, 3.05) is 26.9 Å². The first-order valence-corrected chi connectivity index (χ1v) is 7.33. The van der Waals surface area contributed by atoms with Crippen LogP contribution in [0.25, 0.3) is 0 Å². The number of hydrogen-bond acceptors (Lipinski definition) is 4. The van der Waals surface area contributed by atoms with Crippen LogP contribution in [0.5, 0.6) is 0 Å². The molecule has 0 unspecified atom stereocenters. The van der Waals surface area contributed by atoms with Crippen LogP contribution in [0.15, 0.2) is 24.3 Å². The SMILES string of the molecule is COCc1cccc(CNC(=O)C2(CN)CCOCC2)c1.Cl. The minimum Gasteiger partial charge on any atom is -0.381 e. The molecule has 5 nitrogen and oxygen atoms in total. The third-order valence-corrected chi connectivity index (χ3v) is 4.08. The average Bonchev–Trinajstić information content (AvgIpc) is 2.54. The van der Waals surface area contributed by atoms with E-state index in [1.54, 1.807) is 7.11 Å². The Bertz CT molecular complexity index is 476. The van der Waals surface area contributed by atoms with Crippen molar-refractivity contribution >= 4 is 18.3 Å². The first-order valence-electron chi connectivity index (χ1n) is 7.33. The molecule has 0 aliphatic carbocycles. The fourth-order valence-electron chi connectivity index (χ4n) is 2.65. The molecule has 1 heterocycles. The van der Waals surface area contributed by atoms with Crippen LogP contribution in [-0.4, -0.2) is 32.8 Å². The number of nitrogens with two attached hydrogens (primary N) is 1. The largest absolute Gasteiger partial charge is 0.381 e. The summed E-state index contributed by atoms with van der Waals surface area (Å²) in [5.41, 5.74) is 7.54. The van der Waals surface area contributed by atoms with E-state index in [-0.39, 0.29) is 18.3 Å². The molecule has 124 valence electrons. The Balaban J connectivity index is 0.00000242. The lowest BCUT2D eigenvalue weighted by molar-refractivity contribution is -0.136. The van der Waals surface area contributed by atoms with E-state index in [2.05, 4.69) is 5.32 Å². The Morgan fingerprint density at radius 1 is 1.36 bits per heavy atom. The molecule has 1 aromatic rings. The van der Waals surface area contributed by atoms with E-state index in [1.165, 1.54) is 0 Å². The minimum atomic E-state index is -0.470. The summed E-state index contributed by atoms with van der Waals surface area (Å²) in [6.07, 6.45) is 1.39. The van der Waals surface area contributed by atoms with E-state index in [0.717, 1.165) is 11.1 Å². The molecule has 0 saturated carbocycles. The van der Waals surface area contributed by atoms with Crippen LogP contribution in [-0.2, 0) is 27.4 Å². The maximum absolute atomic E-state index is 12.5. The number of nitrogens with one attached hydrogen (secondary N) is 1. The predicted molar refractivity (Wildman–Crippen MR) is 87.8 cm³/mol. The lowest BCUT2D eigenvalue weighted by atomic mass is 9.79. The summed E-state index contributed by atoms with van der Waals surface area (Å²) in [6, 6.07) is 8.03. The second kappa shape index (κ2) is 9.10. The summed E-state index contributed by atoms with van der Waals surface area (Å²) in [4.78, 5) is 12.5. The lowest BCUT2D eigenvalue weighted by Crippen LogP contribution is -2.48. The van der Waals surface area contributed by atoms with Crippen molar-refractivity contribution in [3.63, 3.8) is 0 Å². The highest BCUT2D eigenvalue weighted by molar-refractivity contribution is 5.85. The van der Waals surface area contributed by atoms with Crippen molar-refractivity contribution in [1.82, 2.24) is 5.32 Å². The van der Waals surface area contributed by atoms with Crippen LogP contribution in [0.3, 0.4) is 0 Å². The van der Waals surface area contributed by atoms with E-state index in [9.17, 15) is 4.79 Å². The standard InChI is InChI=1S/C16H24N2O3.ClH/c1-20-11-14-4-2-3-13(9-14)10-18-15(19)16(12-17)5-7-21-8-6-16;/h2-4,9H,5-8,10-12,17H2,1H3,(H,18,19);1H. The summed E-state index contributed by atoms with van der Waals surface area (Å²) < 4.78 is 10.5. The topological polar surface area (TPSA) is 73.6 Å². The van der Waals surface area contributed by atoms with Gasteiger partial charge in [0, 0.05) is 33.4 Å². The van der Waals surface area contributed by atoms with Gasteiger partial charge in [0.1, 0.15) is 0 Å². The second-order valence-electron chi connectivity index (χ2n) is 5.53. The van der Waals surface area contributed by atoms with Gasteiger partial charge in [-0.15, -0.1) is 12.4 Å². The van der Waals surface area contributed by atoms with Gasteiger partial charge < -0.3 is 20.5 Å². The molecule has 1 fully saturated rings. The molecular formula is C16H25ClN2O3. The Kier molecular flexibility index (Phi) is 7.82. The summed E-state index contributed by atoms with van der Waals surface area (Å²) in [5, 5.41) is 3.01. The molecule has 1 aliphatic rings. The van der Waals surface area contributed by atoms with Crippen LogP contribution in [0.4, 0.5) is 0 Å². The minimum absolute atomic E-state index is 0. The van der Waals surface area contributed by atoms with E-state index in [0.29, 0.717) is 45.8 Å². The molecule has 0 spiro atoms. The first kappa shape index (κ1) is 18.9. The number of carbonyl (C=O) groups is 1. The van der Waals surface area contributed by atoms with Crippen LogP contribution < -0.4 is 11.1 Å². The zero-order chi connectivity index (χ0) is 15.1. The third-order valence-electron chi connectivity index (χ3n) is 4.08. The van der Waals surface area contributed by atoms with E-state index >= 15 is 0 Å². The molecule has 1 amide bonds. The van der Waals surface area contributed by atoms with Gasteiger partial charge in [0.2, 0.25) is 5.91 Å². The molecule has 22 heavy (non-hydrogen) atoms. The highest BCUT2D eigenvalue weighted by Crippen LogP contribution is 2.29. The Morgan fingerprint density at radius 3 is 2.68 bits per heavy atom. The second-order valence-corrected chi connectivity index (χ2v) is 5.53. The molecule has 1 saturated heterocycles. The Labute approximate surface area is 138 Å². The quantitative estimate of drug-likeness (QED) is 0.832. The van der Waals surface area contributed by atoms with Gasteiger partial charge in [-0.3, -0.25) is 4.79 Å². The first-order chi connectivity index (χ1) is 10.2. The van der Waals surface area contributed by atoms with Crippen LogP contribution in [0, 0.1) is 5.41 Å². The number of ether oxygens (including phenoxy) is 2. The van der Waals surface area contributed by atoms with E-state index in [1.807, 2.05) is 24.3 Å². The smallest absolute Gasteiger partial charge is 0.227 e. The molecule has 2 rings (SSSR count). The van der Waals surface area contributed by atoms with Crippen LogP contribution in [0.1, 0.15) is 24.0 Å². The molecule has 1 aliphatic heterocycles. The van der Waals surface area contributed by atoms with Crippen molar-refractivity contribution in [2.24, 2.45) is 11.1 Å². The average molecular weight is 329 g/mol. The zero-order valence-electron chi connectivity index (χ0n) is 13.0. The van der Waals surface area contributed by atoms with Gasteiger partial charge in [-0.05, 0) is 24.0 Å². The van der Waals surface area contributed by atoms with Crippen molar-refractivity contribution in [1.29, 1.82) is 0 Å². The number of carbonyl (C=O) groups excluding carboxylic acids is 1. The van der Waals surface area contributed by atoms with Crippen molar-refractivity contribution in [2.45, 2.75) is 26.0 Å². The molecule has 0 atom stereocenters. The van der Waals surface area contributed by atoms with E-state index in [4.69, 9.17) is 15.2 Å². The molecule has 0 aromatic heterocycles. The molecule has 1 aromatic carbocycles. The van der Waals surface area contributed by atoms with Gasteiger partial charge in [0.15, 0.2) is 0 Å². The van der Waals surface area contributed by atoms with Gasteiger partial charge >= 0.3 is 0 Å². The maximum Gasteiger partial charge on any atom is 0.227 e. The lowest BCUT2D eigenvalue weighted by Gasteiger charge is -2.34. The summed E-state index contributed by atoms with van der Waals surface area (Å²) in [5.74, 6) is 0.0328. The number of methoxy groups -OCH3 is 1. The highest BCUT2D eigenvalue weighted by atomic mass is 35.5. The predicted octanol–water partition coefficient (Wildman–Crippen LogP) is 1.63. The molecule has 6 heteroatoms. The van der Waals surface area contributed by atoms with Crippen molar-refractivity contribution in [3.8, 4) is 0 Å². The van der Waals surface area contributed by atoms with Gasteiger partial charge in [-0.25, -0.2) is 0 Å². The van der Waals surface area contributed by atoms with Crippen LogP contribution in [0.2, 0.25) is 0 Å². The molecule has 0 bridgehead atoms. The van der Waals surface area contributed by atoms with Crippen molar-refractivity contribution < 1.29 is 14.3 Å². The number of benzene rings is 1. The number of rotatable bonds is 6. The summed E-state index contributed by atoms with van der Waals surface area (Å²) >= 11 is 0. The number of halogens is 1. The van der Waals surface area contributed by atoms with E-state index < -0.39 is 5.41 Å². The fraction of sp³-hybridized carbons (Fsp3) is 0.562. The highest BCUT2D eigenvalue weighted by Gasteiger charge is 2.38. The van der Waals surface area contributed by atoms with Crippen molar-refractivity contribution in [3.05, 3.63) is 35.4 Å². The Hall–Kier alpha value is -1.14. The monoisotopic (exact) mass is 328 g/mol. The fourth-order valence-corrected chi connectivity index (χ4v) is 2.65. The van der Waals surface area contributed by atoms with Crippen LogP contribution >= 0.6 is 12.4 Å². The molecular weight excluding hydrogens is 304 g/mol. The van der Waals surface area contributed by atoms with Gasteiger partial charge in [0.25, 0.3) is 0 Å². The zero-order valence-corrected chi connectivity index (χ0v) is 13.8.